The van der Waals surface area contributed by atoms with Crippen molar-refractivity contribution < 1.29 is 9.90 Å². The molecule has 1 saturated carbocycles. The summed E-state index contributed by atoms with van der Waals surface area (Å²) in [5.41, 5.74) is -0.602. The summed E-state index contributed by atoms with van der Waals surface area (Å²) in [6.45, 7) is 5.14. The zero-order valence-corrected chi connectivity index (χ0v) is 9.18. The number of hydrogen-bond acceptors (Lipinski definition) is 2. The standard InChI is InChI=1S/C11H21NO2/c1-9(2)5-8-12-11(10(13)14)6-3-4-7-11/h9,12H,3-8H2,1-2H3,(H,13,14). The van der Waals surface area contributed by atoms with Gasteiger partial charge in [0.15, 0.2) is 0 Å². The van der Waals surface area contributed by atoms with Gasteiger partial charge >= 0.3 is 5.97 Å². The van der Waals surface area contributed by atoms with Gasteiger partial charge in [0.2, 0.25) is 0 Å². The minimum absolute atomic E-state index is 0.602. The van der Waals surface area contributed by atoms with E-state index >= 15 is 0 Å². The molecule has 0 aliphatic heterocycles. The fourth-order valence-corrected chi connectivity index (χ4v) is 2.04. The number of nitrogens with one attached hydrogen (secondary N) is 1. The van der Waals surface area contributed by atoms with Gasteiger partial charge in [0.05, 0.1) is 0 Å². The lowest BCUT2D eigenvalue weighted by Gasteiger charge is -2.25. The van der Waals surface area contributed by atoms with E-state index in [9.17, 15) is 4.79 Å². The summed E-state index contributed by atoms with van der Waals surface area (Å²) in [4.78, 5) is 11.1. The highest BCUT2D eigenvalue weighted by Crippen LogP contribution is 2.29. The van der Waals surface area contributed by atoms with Crippen LogP contribution in [0.3, 0.4) is 0 Å². The zero-order valence-electron chi connectivity index (χ0n) is 9.18. The Morgan fingerprint density at radius 3 is 2.43 bits per heavy atom. The molecule has 0 bridgehead atoms. The van der Waals surface area contributed by atoms with Crippen LogP contribution in [-0.4, -0.2) is 23.2 Å². The van der Waals surface area contributed by atoms with Gasteiger partial charge < -0.3 is 10.4 Å². The number of carboxylic acids is 1. The second-order valence-corrected chi connectivity index (χ2v) is 4.70. The quantitative estimate of drug-likeness (QED) is 0.712. The lowest BCUT2D eigenvalue weighted by molar-refractivity contribution is -0.144. The van der Waals surface area contributed by atoms with Gasteiger partial charge in [-0.25, -0.2) is 0 Å². The zero-order chi connectivity index (χ0) is 10.6. The molecule has 1 rings (SSSR count). The molecule has 0 heterocycles. The second-order valence-electron chi connectivity index (χ2n) is 4.70. The van der Waals surface area contributed by atoms with Gasteiger partial charge in [-0.1, -0.05) is 26.7 Å². The molecular weight excluding hydrogens is 178 g/mol. The summed E-state index contributed by atoms with van der Waals surface area (Å²) < 4.78 is 0. The predicted molar refractivity (Wildman–Crippen MR) is 56.3 cm³/mol. The van der Waals surface area contributed by atoms with Crippen molar-refractivity contribution in [3.8, 4) is 0 Å². The van der Waals surface area contributed by atoms with Gasteiger partial charge in [-0.2, -0.15) is 0 Å². The fourth-order valence-electron chi connectivity index (χ4n) is 2.04. The summed E-state index contributed by atoms with van der Waals surface area (Å²) in [5, 5.41) is 12.4. The lowest BCUT2D eigenvalue weighted by Crippen LogP contribution is -2.50. The number of carbonyl (C=O) groups is 1. The van der Waals surface area contributed by atoms with E-state index in [1.54, 1.807) is 0 Å². The normalized spacial score (nSPS) is 20.2. The van der Waals surface area contributed by atoms with Gasteiger partial charge in [-0.3, -0.25) is 4.79 Å². The molecule has 0 atom stereocenters. The SMILES string of the molecule is CC(C)CCNC1(C(=O)O)CCCC1. The molecule has 0 unspecified atom stereocenters. The fraction of sp³-hybridized carbons (Fsp3) is 0.909. The van der Waals surface area contributed by atoms with Crippen LogP contribution in [0.25, 0.3) is 0 Å². The average molecular weight is 199 g/mol. The van der Waals surface area contributed by atoms with E-state index in [2.05, 4.69) is 19.2 Å². The molecule has 0 aromatic carbocycles. The minimum atomic E-state index is -0.668. The van der Waals surface area contributed by atoms with Gasteiger partial charge in [-0.15, -0.1) is 0 Å². The van der Waals surface area contributed by atoms with Crippen molar-refractivity contribution in [2.75, 3.05) is 6.54 Å². The summed E-state index contributed by atoms with van der Waals surface area (Å²) in [6, 6.07) is 0. The number of rotatable bonds is 5. The van der Waals surface area contributed by atoms with Crippen LogP contribution in [-0.2, 0) is 4.79 Å². The van der Waals surface area contributed by atoms with E-state index < -0.39 is 11.5 Å². The van der Waals surface area contributed by atoms with E-state index in [0.717, 1.165) is 38.6 Å². The number of aliphatic carboxylic acids is 1. The summed E-state index contributed by atoms with van der Waals surface area (Å²) in [7, 11) is 0. The number of hydrogen-bond donors (Lipinski definition) is 2. The Balaban J connectivity index is 2.40. The first-order valence-electron chi connectivity index (χ1n) is 5.55. The van der Waals surface area contributed by atoms with Crippen LogP contribution >= 0.6 is 0 Å². The summed E-state index contributed by atoms with van der Waals surface area (Å²) in [5.74, 6) is -0.0338. The van der Waals surface area contributed by atoms with E-state index in [1.165, 1.54) is 0 Å². The Kier molecular flexibility index (Phi) is 3.93. The van der Waals surface area contributed by atoms with Crippen LogP contribution < -0.4 is 5.32 Å². The van der Waals surface area contributed by atoms with Crippen LogP contribution in [0.2, 0.25) is 0 Å². The van der Waals surface area contributed by atoms with Crippen molar-refractivity contribution in [1.29, 1.82) is 0 Å². The molecule has 3 heteroatoms. The van der Waals surface area contributed by atoms with Gasteiger partial charge in [0.1, 0.15) is 5.54 Å². The third kappa shape index (κ3) is 2.71. The highest BCUT2D eigenvalue weighted by molar-refractivity contribution is 5.79. The Labute approximate surface area is 85.9 Å². The molecule has 0 aromatic rings. The maximum Gasteiger partial charge on any atom is 0.323 e. The molecule has 2 N–H and O–H groups in total. The molecule has 14 heavy (non-hydrogen) atoms. The van der Waals surface area contributed by atoms with E-state index in [0.29, 0.717) is 5.92 Å². The van der Waals surface area contributed by atoms with E-state index in [-0.39, 0.29) is 0 Å². The monoisotopic (exact) mass is 199 g/mol. The van der Waals surface area contributed by atoms with Crippen molar-refractivity contribution >= 4 is 5.97 Å². The van der Waals surface area contributed by atoms with Crippen molar-refractivity contribution in [1.82, 2.24) is 5.32 Å². The van der Waals surface area contributed by atoms with E-state index in [1.807, 2.05) is 0 Å². The first-order chi connectivity index (χ1) is 6.57. The smallest absolute Gasteiger partial charge is 0.323 e. The third-order valence-corrected chi connectivity index (χ3v) is 3.05. The third-order valence-electron chi connectivity index (χ3n) is 3.05. The van der Waals surface area contributed by atoms with Gasteiger partial charge in [-0.05, 0) is 31.7 Å². The molecule has 0 aromatic heterocycles. The highest BCUT2D eigenvalue weighted by atomic mass is 16.4. The summed E-state index contributed by atoms with van der Waals surface area (Å²) >= 11 is 0. The molecule has 0 amide bonds. The van der Waals surface area contributed by atoms with Gasteiger partial charge in [0, 0.05) is 0 Å². The molecule has 1 aliphatic carbocycles. The van der Waals surface area contributed by atoms with Crippen LogP contribution in [0.1, 0.15) is 46.0 Å². The first-order valence-corrected chi connectivity index (χ1v) is 5.55. The first kappa shape index (κ1) is 11.5. The van der Waals surface area contributed by atoms with Crippen LogP contribution in [0.15, 0.2) is 0 Å². The second kappa shape index (κ2) is 4.78. The van der Waals surface area contributed by atoms with Crippen molar-refractivity contribution in [3.63, 3.8) is 0 Å². The van der Waals surface area contributed by atoms with Crippen LogP contribution in [0.5, 0.6) is 0 Å². The van der Waals surface area contributed by atoms with Crippen molar-refractivity contribution in [2.45, 2.75) is 51.5 Å². The molecule has 1 aliphatic rings. The maximum atomic E-state index is 11.1. The van der Waals surface area contributed by atoms with E-state index in [4.69, 9.17) is 5.11 Å². The topological polar surface area (TPSA) is 49.3 Å². The minimum Gasteiger partial charge on any atom is -0.480 e. The maximum absolute atomic E-state index is 11.1. The Morgan fingerprint density at radius 2 is 2.00 bits per heavy atom. The molecule has 1 fully saturated rings. The molecule has 0 saturated heterocycles. The Morgan fingerprint density at radius 1 is 1.43 bits per heavy atom. The molecule has 0 spiro atoms. The van der Waals surface area contributed by atoms with Crippen molar-refractivity contribution in [3.05, 3.63) is 0 Å². The molecule has 0 radical (unpaired) electrons. The summed E-state index contributed by atoms with van der Waals surface area (Å²) in [6.07, 6.45) is 4.72. The Hall–Kier alpha value is -0.570. The number of carboxylic acid groups (broad SMARTS) is 1. The van der Waals surface area contributed by atoms with Gasteiger partial charge in [0.25, 0.3) is 0 Å². The predicted octanol–water partition coefficient (Wildman–Crippen LogP) is 2.02. The van der Waals surface area contributed by atoms with Crippen LogP contribution in [0.4, 0.5) is 0 Å². The van der Waals surface area contributed by atoms with Crippen LogP contribution in [0, 0.1) is 5.92 Å². The van der Waals surface area contributed by atoms with Crippen molar-refractivity contribution in [2.24, 2.45) is 5.92 Å². The molecular formula is C11H21NO2. The average Bonchev–Trinajstić information content (AvgIpc) is 2.53. The largest absolute Gasteiger partial charge is 0.480 e. The molecule has 3 nitrogen and oxygen atoms in total. The Bertz CT molecular complexity index is 195. The molecule has 82 valence electrons. The lowest BCUT2D eigenvalue weighted by atomic mass is 9.97. The highest BCUT2D eigenvalue weighted by Gasteiger charge is 2.40.